The van der Waals surface area contributed by atoms with Crippen LogP contribution in [-0.4, -0.2) is 14.5 Å². The Balaban J connectivity index is 2.15. The second-order valence-corrected chi connectivity index (χ2v) is 7.62. The Labute approximate surface area is 138 Å². The lowest BCUT2D eigenvalue weighted by molar-refractivity contribution is 0.396. The number of hydrogen-bond acceptors (Lipinski definition) is 4. The van der Waals surface area contributed by atoms with Crippen molar-refractivity contribution < 1.29 is 12.8 Å². The van der Waals surface area contributed by atoms with Crippen molar-refractivity contribution in [2.24, 2.45) is 0 Å². The Morgan fingerprint density at radius 3 is 2.57 bits per heavy atom. The molecular weight excluding hydrogens is 403 g/mol. The largest absolute Gasteiger partial charge is 0.446 e. The van der Waals surface area contributed by atoms with Crippen molar-refractivity contribution in [3.05, 3.63) is 45.7 Å². The van der Waals surface area contributed by atoms with E-state index in [1.165, 1.54) is 6.07 Å². The topological polar surface area (TPSA) is 71.3 Å². The molecule has 0 amide bonds. The molecule has 2 N–H and O–H groups in total. The molecule has 0 unspecified atom stereocenters. The fourth-order valence-corrected chi connectivity index (χ4v) is 3.38. The SMILES string of the molecule is CC(C)NCc1ccc(S(=O)(=O)Nc2ccccc2I)o1. The van der Waals surface area contributed by atoms with Gasteiger partial charge in [0.1, 0.15) is 5.76 Å². The van der Waals surface area contributed by atoms with Crippen LogP contribution < -0.4 is 10.0 Å². The summed E-state index contributed by atoms with van der Waals surface area (Å²) in [6.45, 7) is 4.52. The quantitative estimate of drug-likeness (QED) is 0.705. The van der Waals surface area contributed by atoms with Gasteiger partial charge in [-0.25, -0.2) is 0 Å². The van der Waals surface area contributed by atoms with Gasteiger partial charge in [-0.1, -0.05) is 26.0 Å². The third-order valence-electron chi connectivity index (χ3n) is 2.70. The Morgan fingerprint density at radius 2 is 1.90 bits per heavy atom. The molecule has 0 aliphatic heterocycles. The molecule has 0 saturated heterocycles. The van der Waals surface area contributed by atoms with E-state index in [1.54, 1.807) is 18.2 Å². The molecule has 0 bridgehead atoms. The van der Waals surface area contributed by atoms with Crippen molar-refractivity contribution in [3.8, 4) is 0 Å². The van der Waals surface area contributed by atoms with Gasteiger partial charge in [0.2, 0.25) is 5.09 Å². The normalized spacial score (nSPS) is 11.8. The van der Waals surface area contributed by atoms with E-state index in [4.69, 9.17) is 4.42 Å². The third kappa shape index (κ3) is 4.45. The number of furan rings is 1. The van der Waals surface area contributed by atoms with Crippen molar-refractivity contribution >= 4 is 38.3 Å². The monoisotopic (exact) mass is 420 g/mol. The van der Waals surface area contributed by atoms with Gasteiger partial charge >= 0.3 is 0 Å². The van der Waals surface area contributed by atoms with Crippen LogP contribution in [-0.2, 0) is 16.6 Å². The molecule has 21 heavy (non-hydrogen) atoms. The van der Waals surface area contributed by atoms with Gasteiger partial charge in [0.05, 0.1) is 12.2 Å². The molecule has 5 nitrogen and oxygen atoms in total. The molecule has 2 aromatic rings. The lowest BCUT2D eigenvalue weighted by atomic mass is 10.3. The number of nitrogens with one attached hydrogen (secondary N) is 2. The first kappa shape index (κ1) is 16.3. The number of para-hydroxylation sites is 1. The lowest BCUT2D eigenvalue weighted by Gasteiger charge is -2.08. The molecule has 1 aromatic carbocycles. The van der Waals surface area contributed by atoms with Gasteiger partial charge in [0.15, 0.2) is 0 Å². The number of halogens is 1. The van der Waals surface area contributed by atoms with Gasteiger partial charge in [-0.2, -0.15) is 8.42 Å². The molecule has 1 aromatic heterocycles. The van der Waals surface area contributed by atoms with Crippen LogP contribution in [0.1, 0.15) is 19.6 Å². The first-order valence-electron chi connectivity index (χ1n) is 6.48. The summed E-state index contributed by atoms with van der Waals surface area (Å²) >= 11 is 2.08. The molecule has 0 radical (unpaired) electrons. The molecule has 0 atom stereocenters. The highest BCUT2D eigenvalue weighted by atomic mass is 127. The second-order valence-electron chi connectivity index (χ2n) is 4.84. The molecule has 7 heteroatoms. The Bertz CT molecular complexity index is 711. The minimum absolute atomic E-state index is 0.0808. The summed E-state index contributed by atoms with van der Waals surface area (Å²) in [7, 11) is -3.70. The van der Waals surface area contributed by atoms with Crippen LogP contribution in [0.15, 0.2) is 45.9 Å². The smallest absolute Gasteiger partial charge is 0.295 e. The highest BCUT2D eigenvalue weighted by Gasteiger charge is 2.19. The van der Waals surface area contributed by atoms with Crippen LogP contribution in [0.4, 0.5) is 5.69 Å². The highest BCUT2D eigenvalue weighted by molar-refractivity contribution is 14.1. The van der Waals surface area contributed by atoms with E-state index in [9.17, 15) is 8.42 Å². The van der Waals surface area contributed by atoms with Crippen LogP contribution >= 0.6 is 22.6 Å². The van der Waals surface area contributed by atoms with E-state index in [0.717, 1.165) is 3.57 Å². The fraction of sp³-hybridized carbons (Fsp3) is 0.286. The first-order valence-corrected chi connectivity index (χ1v) is 9.04. The van der Waals surface area contributed by atoms with Crippen LogP contribution in [0.25, 0.3) is 0 Å². The van der Waals surface area contributed by atoms with E-state index in [-0.39, 0.29) is 5.09 Å². The molecule has 0 fully saturated rings. The summed E-state index contributed by atoms with van der Waals surface area (Å²) < 4.78 is 33.3. The summed E-state index contributed by atoms with van der Waals surface area (Å²) in [5, 5.41) is 3.09. The predicted octanol–water partition coefficient (Wildman–Crippen LogP) is 3.18. The highest BCUT2D eigenvalue weighted by Crippen LogP contribution is 2.22. The molecule has 0 spiro atoms. The Morgan fingerprint density at radius 1 is 1.19 bits per heavy atom. The molecule has 2 rings (SSSR count). The molecule has 0 saturated carbocycles. The van der Waals surface area contributed by atoms with Crippen molar-refractivity contribution in [3.63, 3.8) is 0 Å². The van der Waals surface area contributed by atoms with E-state index in [1.807, 2.05) is 26.0 Å². The zero-order chi connectivity index (χ0) is 15.5. The standard InChI is InChI=1S/C14H17IN2O3S/c1-10(2)16-9-11-7-8-14(20-11)21(18,19)17-13-6-4-3-5-12(13)15/h3-8,10,16-17H,9H2,1-2H3. The molecule has 0 aliphatic rings. The van der Waals surface area contributed by atoms with Crippen LogP contribution in [0.3, 0.4) is 0 Å². The van der Waals surface area contributed by atoms with Gasteiger partial charge in [0.25, 0.3) is 10.0 Å². The minimum atomic E-state index is -3.70. The van der Waals surface area contributed by atoms with Crippen molar-refractivity contribution in [1.82, 2.24) is 5.32 Å². The van der Waals surface area contributed by atoms with E-state index >= 15 is 0 Å². The maximum Gasteiger partial charge on any atom is 0.295 e. The summed E-state index contributed by atoms with van der Waals surface area (Å²) in [5.74, 6) is 0.590. The minimum Gasteiger partial charge on any atom is -0.446 e. The van der Waals surface area contributed by atoms with Crippen LogP contribution in [0, 0.1) is 3.57 Å². The maximum atomic E-state index is 12.3. The predicted molar refractivity (Wildman–Crippen MR) is 90.7 cm³/mol. The fourth-order valence-electron chi connectivity index (χ4n) is 1.64. The Kier molecular flexibility index (Phi) is 5.28. The van der Waals surface area contributed by atoms with E-state index < -0.39 is 10.0 Å². The molecule has 114 valence electrons. The van der Waals surface area contributed by atoms with Crippen molar-refractivity contribution in [2.45, 2.75) is 31.5 Å². The Hall–Kier alpha value is -1.06. The lowest BCUT2D eigenvalue weighted by Crippen LogP contribution is -2.21. The number of sulfonamides is 1. The maximum absolute atomic E-state index is 12.3. The summed E-state index contributed by atoms with van der Waals surface area (Å²) in [6, 6.07) is 10.6. The van der Waals surface area contributed by atoms with Gasteiger partial charge in [0, 0.05) is 9.61 Å². The van der Waals surface area contributed by atoms with Gasteiger partial charge in [-0.15, -0.1) is 0 Å². The molecule has 1 heterocycles. The number of benzene rings is 1. The van der Waals surface area contributed by atoms with Gasteiger partial charge < -0.3 is 9.73 Å². The third-order valence-corrected chi connectivity index (χ3v) is 4.88. The van der Waals surface area contributed by atoms with Gasteiger partial charge in [-0.05, 0) is 46.9 Å². The van der Waals surface area contributed by atoms with Crippen molar-refractivity contribution in [1.29, 1.82) is 0 Å². The molecule has 0 aliphatic carbocycles. The summed E-state index contributed by atoms with van der Waals surface area (Å²) in [5.41, 5.74) is 0.538. The van der Waals surface area contributed by atoms with Crippen molar-refractivity contribution in [2.75, 3.05) is 4.72 Å². The van der Waals surface area contributed by atoms with Crippen LogP contribution in [0.5, 0.6) is 0 Å². The second kappa shape index (κ2) is 6.80. The first-order chi connectivity index (χ1) is 9.88. The summed E-state index contributed by atoms with van der Waals surface area (Å²) in [6.07, 6.45) is 0. The zero-order valence-corrected chi connectivity index (χ0v) is 14.7. The number of hydrogen-bond donors (Lipinski definition) is 2. The molecular formula is C14H17IN2O3S. The van der Waals surface area contributed by atoms with Gasteiger partial charge in [-0.3, -0.25) is 4.72 Å². The van der Waals surface area contributed by atoms with E-state index in [2.05, 4.69) is 32.6 Å². The zero-order valence-electron chi connectivity index (χ0n) is 11.8. The average Bonchev–Trinajstić information content (AvgIpc) is 2.88. The average molecular weight is 420 g/mol. The van der Waals surface area contributed by atoms with E-state index in [0.29, 0.717) is 24.0 Å². The number of anilines is 1. The summed E-state index contributed by atoms with van der Waals surface area (Å²) in [4.78, 5) is 0. The number of rotatable bonds is 6. The van der Waals surface area contributed by atoms with Crippen LogP contribution in [0.2, 0.25) is 0 Å².